The van der Waals surface area contributed by atoms with Crippen molar-refractivity contribution in [1.29, 1.82) is 0 Å². The standard InChI is InChI=1S/C27H26S/c1-3-5-7-23-10-14-25(15-11-23)17-19-27-21-20-26(28-27)18-16-24-12-8-22(6-4-2)9-13-24/h8-15,20-21H,3-7H2,1-2H3. The molecule has 0 fully saturated rings. The molecular formula is C27H26S. The van der Waals surface area contributed by atoms with Gasteiger partial charge in [0.05, 0.1) is 9.75 Å². The SMILES string of the molecule is CCCCc1ccc(C#Cc2ccc(C#Cc3ccc(CCC)cc3)s2)cc1. The van der Waals surface area contributed by atoms with Gasteiger partial charge in [-0.05, 0) is 66.8 Å². The summed E-state index contributed by atoms with van der Waals surface area (Å²) in [6, 6.07) is 21.3. The molecule has 3 rings (SSSR count). The van der Waals surface area contributed by atoms with Gasteiger partial charge < -0.3 is 0 Å². The summed E-state index contributed by atoms with van der Waals surface area (Å²) in [6.45, 7) is 4.43. The second kappa shape index (κ2) is 10.6. The van der Waals surface area contributed by atoms with Crippen molar-refractivity contribution < 1.29 is 0 Å². The van der Waals surface area contributed by atoms with E-state index in [0.717, 1.165) is 33.7 Å². The van der Waals surface area contributed by atoms with Gasteiger partial charge in [-0.2, -0.15) is 0 Å². The molecule has 0 aliphatic heterocycles. The molecule has 28 heavy (non-hydrogen) atoms. The van der Waals surface area contributed by atoms with Crippen LogP contribution in [0.5, 0.6) is 0 Å². The van der Waals surface area contributed by atoms with Crippen molar-refractivity contribution in [2.75, 3.05) is 0 Å². The molecule has 0 spiro atoms. The van der Waals surface area contributed by atoms with E-state index in [9.17, 15) is 0 Å². The zero-order valence-electron chi connectivity index (χ0n) is 16.7. The lowest BCUT2D eigenvalue weighted by Crippen LogP contribution is -1.84. The Morgan fingerprint density at radius 1 is 0.571 bits per heavy atom. The number of thiophene rings is 1. The van der Waals surface area contributed by atoms with Crippen LogP contribution in [0.1, 0.15) is 65.1 Å². The predicted molar refractivity (Wildman–Crippen MR) is 122 cm³/mol. The largest absolute Gasteiger partial charge is 0.118 e. The summed E-state index contributed by atoms with van der Waals surface area (Å²) in [5.41, 5.74) is 4.89. The molecule has 0 nitrogen and oxygen atoms in total. The molecule has 0 aliphatic rings. The summed E-state index contributed by atoms with van der Waals surface area (Å²) in [5, 5.41) is 0. The van der Waals surface area contributed by atoms with Crippen LogP contribution in [0.3, 0.4) is 0 Å². The van der Waals surface area contributed by atoms with E-state index in [4.69, 9.17) is 0 Å². The molecule has 0 N–H and O–H groups in total. The van der Waals surface area contributed by atoms with Gasteiger partial charge in [0.2, 0.25) is 0 Å². The van der Waals surface area contributed by atoms with Crippen LogP contribution in [0, 0.1) is 23.7 Å². The van der Waals surface area contributed by atoms with Crippen LogP contribution in [0.25, 0.3) is 0 Å². The quantitative estimate of drug-likeness (QED) is 0.424. The fourth-order valence-corrected chi connectivity index (χ4v) is 3.63. The Hall–Kier alpha value is -2.74. The molecule has 0 saturated carbocycles. The monoisotopic (exact) mass is 382 g/mol. The Kier molecular flexibility index (Phi) is 7.54. The summed E-state index contributed by atoms with van der Waals surface area (Å²) >= 11 is 1.65. The minimum atomic E-state index is 1.05. The van der Waals surface area contributed by atoms with Crippen molar-refractivity contribution in [3.8, 4) is 23.7 Å². The number of aryl methyl sites for hydroxylation is 2. The first-order valence-corrected chi connectivity index (χ1v) is 10.9. The molecule has 0 aliphatic carbocycles. The third kappa shape index (κ3) is 6.16. The Labute approximate surface area is 173 Å². The van der Waals surface area contributed by atoms with Crippen LogP contribution >= 0.6 is 11.3 Å². The molecule has 0 saturated heterocycles. The highest BCUT2D eigenvalue weighted by molar-refractivity contribution is 7.13. The molecule has 0 radical (unpaired) electrons. The van der Waals surface area contributed by atoms with E-state index < -0.39 is 0 Å². The normalized spacial score (nSPS) is 9.93. The van der Waals surface area contributed by atoms with Gasteiger partial charge in [0, 0.05) is 11.1 Å². The molecule has 1 heteroatoms. The lowest BCUT2D eigenvalue weighted by Gasteiger charge is -1.99. The molecule has 0 amide bonds. The third-order valence-corrected chi connectivity index (χ3v) is 5.45. The Morgan fingerprint density at radius 3 is 1.54 bits per heavy atom. The average molecular weight is 383 g/mol. The molecule has 0 atom stereocenters. The highest BCUT2D eigenvalue weighted by Gasteiger charge is 1.96. The van der Waals surface area contributed by atoms with E-state index >= 15 is 0 Å². The highest BCUT2D eigenvalue weighted by atomic mass is 32.1. The molecule has 3 aromatic rings. The Balaban J connectivity index is 1.63. The van der Waals surface area contributed by atoms with Crippen molar-refractivity contribution in [2.45, 2.75) is 46.0 Å². The van der Waals surface area contributed by atoms with Gasteiger partial charge in [0.15, 0.2) is 0 Å². The first-order valence-electron chi connectivity index (χ1n) is 10.1. The molecule has 1 heterocycles. The fraction of sp³-hybridized carbons (Fsp3) is 0.259. The topological polar surface area (TPSA) is 0 Å². The van der Waals surface area contributed by atoms with E-state index in [0.29, 0.717) is 0 Å². The van der Waals surface area contributed by atoms with E-state index in [2.05, 4.69) is 98.2 Å². The van der Waals surface area contributed by atoms with Crippen LogP contribution in [0.4, 0.5) is 0 Å². The Morgan fingerprint density at radius 2 is 1.07 bits per heavy atom. The van der Waals surface area contributed by atoms with Gasteiger partial charge in [0.25, 0.3) is 0 Å². The first kappa shape index (κ1) is 20.0. The minimum Gasteiger partial charge on any atom is -0.118 e. The number of unbranched alkanes of at least 4 members (excludes halogenated alkanes) is 1. The summed E-state index contributed by atoms with van der Waals surface area (Å²) in [5.74, 6) is 13.0. The Bertz CT molecular complexity index is 996. The van der Waals surface area contributed by atoms with Gasteiger partial charge in [-0.25, -0.2) is 0 Å². The van der Waals surface area contributed by atoms with E-state index in [1.165, 1.54) is 30.4 Å². The maximum Gasteiger partial charge on any atom is 0.0785 e. The maximum atomic E-state index is 3.26. The van der Waals surface area contributed by atoms with Gasteiger partial charge in [-0.3, -0.25) is 0 Å². The highest BCUT2D eigenvalue weighted by Crippen LogP contribution is 2.15. The van der Waals surface area contributed by atoms with Crippen molar-refractivity contribution in [3.05, 3.63) is 92.7 Å². The van der Waals surface area contributed by atoms with Crippen molar-refractivity contribution in [3.63, 3.8) is 0 Å². The smallest absolute Gasteiger partial charge is 0.0785 e. The van der Waals surface area contributed by atoms with Crippen LogP contribution < -0.4 is 0 Å². The van der Waals surface area contributed by atoms with Crippen molar-refractivity contribution in [1.82, 2.24) is 0 Å². The van der Waals surface area contributed by atoms with E-state index in [1.54, 1.807) is 11.3 Å². The first-order chi connectivity index (χ1) is 13.8. The van der Waals surface area contributed by atoms with Gasteiger partial charge in [0.1, 0.15) is 0 Å². The number of hydrogen-bond donors (Lipinski definition) is 0. The second-order valence-corrected chi connectivity index (χ2v) is 8.00. The zero-order chi connectivity index (χ0) is 19.6. The summed E-state index contributed by atoms with van der Waals surface area (Å²) in [7, 11) is 0. The minimum absolute atomic E-state index is 1.05. The third-order valence-electron chi connectivity index (χ3n) is 4.53. The van der Waals surface area contributed by atoms with Gasteiger partial charge in [-0.1, -0.05) is 74.6 Å². The molecule has 0 unspecified atom stereocenters. The van der Waals surface area contributed by atoms with Crippen molar-refractivity contribution >= 4 is 11.3 Å². The van der Waals surface area contributed by atoms with Crippen LogP contribution in [-0.2, 0) is 12.8 Å². The molecular weight excluding hydrogens is 356 g/mol. The maximum absolute atomic E-state index is 3.26. The molecule has 140 valence electrons. The van der Waals surface area contributed by atoms with E-state index in [-0.39, 0.29) is 0 Å². The zero-order valence-corrected chi connectivity index (χ0v) is 17.5. The van der Waals surface area contributed by atoms with Gasteiger partial charge >= 0.3 is 0 Å². The van der Waals surface area contributed by atoms with Crippen LogP contribution in [-0.4, -0.2) is 0 Å². The summed E-state index contributed by atoms with van der Waals surface area (Å²) in [6.07, 6.45) is 5.93. The second-order valence-electron chi connectivity index (χ2n) is 6.91. The lowest BCUT2D eigenvalue weighted by atomic mass is 10.1. The van der Waals surface area contributed by atoms with Crippen LogP contribution in [0.15, 0.2) is 60.7 Å². The van der Waals surface area contributed by atoms with Crippen molar-refractivity contribution in [2.24, 2.45) is 0 Å². The van der Waals surface area contributed by atoms with Crippen LogP contribution in [0.2, 0.25) is 0 Å². The number of hydrogen-bond acceptors (Lipinski definition) is 1. The summed E-state index contributed by atoms with van der Waals surface area (Å²) in [4.78, 5) is 2.11. The number of rotatable bonds is 5. The molecule has 2 aromatic carbocycles. The fourth-order valence-electron chi connectivity index (χ4n) is 2.92. The predicted octanol–water partition coefficient (Wildman–Crippen LogP) is 6.84. The average Bonchev–Trinajstić information content (AvgIpc) is 3.19. The van der Waals surface area contributed by atoms with E-state index in [1.807, 2.05) is 0 Å². The molecule has 0 bridgehead atoms. The number of benzene rings is 2. The lowest BCUT2D eigenvalue weighted by molar-refractivity contribution is 0.795. The summed E-state index contributed by atoms with van der Waals surface area (Å²) < 4.78 is 0. The molecule has 1 aromatic heterocycles. The van der Waals surface area contributed by atoms with Gasteiger partial charge in [-0.15, -0.1) is 11.3 Å².